The van der Waals surface area contributed by atoms with Crippen LogP contribution in [0.2, 0.25) is 0 Å². The summed E-state index contributed by atoms with van der Waals surface area (Å²) in [5, 5.41) is 0.347. The van der Waals surface area contributed by atoms with Gasteiger partial charge >= 0.3 is 0 Å². The van der Waals surface area contributed by atoms with E-state index in [1.807, 2.05) is 0 Å². The van der Waals surface area contributed by atoms with Gasteiger partial charge in [-0.15, -0.1) is 0 Å². The molecule has 6 N–H and O–H groups in total. The van der Waals surface area contributed by atoms with E-state index in [1.54, 1.807) is 11.8 Å². The van der Waals surface area contributed by atoms with Crippen molar-refractivity contribution in [1.82, 2.24) is 9.88 Å². The summed E-state index contributed by atoms with van der Waals surface area (Å²) >= 11 is 1.13. The second-order valence-electron chi connectivity index (χ2n) is 4.94. The standard InChI is InChI=1S/C12H18N6O2S/c1-6-8(21-12(16-6)17-11(14)15)10(20)18-4-2-3-7(5-18)9(13)19/h7H,2-5H2,1H3,(H2,13,19)(H4,14,15,16,17). The van der Waals surface area contributed by atoms with E-state index in [4.69, 9.17) is 17.2 Å². The fraction of sp³-hybridized carbons (Fsp3) is 0.500. The van der Waals surface area contributed by atoms with E-state index in [0.717, 1.165) is 24.2 Å². The molecule has 2 amide bonds. The maximum Gasteiger partial charge on any atom is 0.265 e. The highest BCUT2D eigenvalue weighted by molar-refractivity contribution is 7.17. The number of nitrogens with two attached hydrogens (primary N) is 3. The van der Waals surface area contributed by atoms with Crippen LogP contribution in [0.4, 0.5) is 5.13 Å². The molecule has 1 aromatic heterocycles. The number of guanidine groups is 1. The van der Waals surface area contributed by atoms with E-state index in [-0.39, 0.29) is 23.7 Å². The second-order valence-corrected chi connectivity index (χ2v) is 5.92. The number of hydrogen-bond donors (Lipinski definition) is 3. The Hall–Kier alpha value is -2.16. The van der Waals surface area contributed by atoms with E-state index in [9.17, 15) is 9.59 Å². The van der Waals surface area contributed by atoms with Gasteiger partial charge in [-0.2, -0.15) is 4.99 Å². The molecule has 21 heavy (non-hydrogen) atoms. The summed E-state index contributed by atoms with van der Waals surface area (Å²) < 4.78 is 0. The van der Waals surface area contributed by atoms with Gasteiger partial charge in [0.15, 0.2) is 5.96 Å². The van der Waals surface area contributed by atoms with Crippen LogP contribution in [0.5, 0.6) is 0 Å². The third kappa shape index (κ3) is 3.48. The number of carbonyl (C=O) groups excluding carboxylic acids is 2. The zero-order valence-electron chi connectivity index (χ0n) is 11.7. The highest BCUT2D eigenvalue weighted by Gasteiger charge is 2.29. The summed E-state index contributed by atoms with van der Waals surface area (Å²) in [4.78, 5) is 33.9. The zero-order chi connectivity index (χ0) is 15.6. The van der Waals surface area contributed by atoms with Crippen molar-refractivity contribution in [3.8, 4) is 0 Å². The van der Waals surface area contributed by atoms with Crippen LogP contribution in [0.15, 0.2) is 4.99 Å². The lowest BCUT2D eigenvalue weighted by molar-refractivity contribution is -0.123. The molecule has 1 atom stereocenters. The van der Waals surface area contributed by atoms with Gasteiger partial charge in [-0.25, -0.2) is 4.98 Å². The first-order chi connectivity index (χ1) is 9.88. The third-order valence-corrected chi connectivity index (χ3v) is 4.35. The molecular weight excluding hydrogens is 292 g/mol. The quantitative estimate of drug-likeness (QED) is 0.519. The molecule has 1 aliphatic rings. The number of rotatable bonds is 3. The number of likely N-dealkylation sites (tertiary alicyclic amines) is 1. The fourth-order valence-electron chi connectivity index (χ4n) is 2.28. The Kier molecular flexibility index (Phi) is 4.41. The van der Waals surface area contributed by atoms with Crippen LogP contribution in [-0.2, 0) is 4.79 Å². The average molecular weight is 310 g/mol. The predicted octanol–water partition coefficient (Wildman–Crippen LogP) is -0.306. The SMILES string of the molecule is Cc1nc(N=C(N)N)sc1C(=O)N1CCCC(C(N)=O)C1. The maximum atomic E-state index is 12.5. The zero-order valence-corrected chi connectivity index (χ0v) is 12.5. The van der Waals surface area contributed by atoms with Crippen LogP contribution in [0, 0.1) is 12.8 Å². The van der Waals surface area contributed by atoms with Crippen molar-refractivity contribution in [2.45, 2.75) is 19.8 Å². The molecule has 1 aromatic rings. The van der Waals surface area contributed by atoms with Crippen LogP contribution in [0.25, 0.3) is 0 Å². The Morgan fingerprint density at radius 2 is 2.10 bits per heavy atom. The number of aryl methyl sites for hydroxylation is 1. The first kappa shape index (κ1) is 15.2. The molecule has 9 heteroatoms. The van der Waals surface area contributed by atoms with Crippen molar-refractivity contribution in [2.24, 2.45) is 28.1 Å². The topological polar surface area (TPSA) is 141 Å². The summed E-state index contributed by atoms with van der Waals surface area (Å²) in [7, 11) is 0. The van der Waals surface area contributed by atoms with Crippen LogP contribution >= 0.6 is 11.3 Å². The lowest BCUT2D eigenvalue weighted by atomic mass is 9.97. The molecule has 2 heterocycles. The summed E-state index contributed by atoms with van der Waals surface area (Å²) in [6.07, 6.45) is 1.48. The van der Waals surface area contributed by atoms with Gasteiger partial charge in [-0.05, 0) is 19.8 Å². The number of amides is 2. The lowest BCUT2D eigenvalue weighted by Crippen LogP contribution is -2.44. The van der Waals surface area contributed by atoms with Gasteiger partial charge < -0.3 is 22.1 Å². The summed E-state index contributed by atoms with van der Waals surface area (Å²) in [6.45, 7) is 2.69. The number of hydrogen-bond acceptors (Lipinski definition) is 5. The molecule has 0 aliphatic carbocycles. The second kappa shape index (κ2) is 6.08. The van der Waals surface area contributed by atoms with Crippen molar-refractivity contribution < 1.29 is 9.59 Å². The smallest absolute Gasteiger partial charge is 0.265 e. The monoisotopic (exact) mass is 310 g/mol. The summed E-state index contributed by atoms with van der Waals surface area (Å²) in [5.74, 6) is -0.912. The number of primary amides is 1. The van der Waals surface area contributed by atoms with Gasteiger partial charge in [-0.3, -0.25) is 9.59 Å². The largest absolute Gasteiger partial charge is 0.370 e. The highest BCUT2D eigenvalue weighted by Crippen LogP contribution is 2.27. The van der Waals surface area contributed by atoms with Gasteiger partial charge in [0, 0.05) is 13.1 Å². The Morgan fingerprint density at radius 1 is 1.38 bits per heavy atom. The Bertz CT molecular complexity index is 593. The molecule has 1 aliphatic heterocycles. The van der Waals surface area contributed by atoms with Gasteiger partial charge in [0.2, 0.25) is 11.0 Å². The van der Waals surface area contributed by atoms with Crippen molar-refractivity contribution >= 4 is 34.2 Å². The van der Waals surface area contributed by atoms with Crippen LogP contribution in [0.1, 0.15) is 28.2 Å². The summed E-state index contributed by atoms with van der Waals surface area (Å²) in [6, 6.07) is 0. The number of thiazole rings is 1. The van der Waals surface area contributed by atoms with Gasteiger partial charge in [0.25, 0.3) is 5.91 Å². The molecule has 0 bridgehead atoms. The molecule has 0 aromatic carbocycles. The van der Waals surface area contributed by atoms with Gasteiger partial charge in [0.1, 0.15) is 4.88 Å². The third-order valence-electron chi connectivity index (χ3n) is 3.32. The van der Waals surface area contributed by atoms with E-state index in [1.165, 1.54) is 0 Å². The van der Waals surface area contributed by atoms with Crippen molar-refractivity contribution in [2.75, 3.05) is 13.1 Å². The molecular formula is C12H18N6O2S. The van der Waals surface area contributed by atoms with Gasteiger partial charge in [-0.1, -0.05) is 11.3 Å². The predicted molar refractivity (Wildman–Crippen MR) is 80.1 cm³/mol. The number of nitrogens with zero attached hydrogens (tertiary/aromatic N) is 3. The van der Waals surface area contributed by atoms with Gasteiger partial charge in [0.05, 0.1) is 11.6 Å². The van der Waals surface area contributed by atoms with Crippen molar-refractivity contribution in [1.29, 1.82) is 0 Å². The van der Waals surface area contributed by atoms with E-state index in [2.05, 4.69) is 9.98 Å². The van der Waals surface area contributed by atoms with E-state index < -0.39 is 0 Å². The van der Waals surface area contributed by atoms with Crippen LogP contribution in [-0.4, -0.2) is 40.7 Å². The summed E-state index contributed by atoms with van der Waals surface area (Å²) in [5.41, 5.74) is 16.5. The molecule has 1 fully saturated rings. The minimum Gasteiger partial charge on any atom is -0.370 e. The minimum absolute atomic E-state index is 0.102. The Morgan fingerprint density at radius 3 is 2.71 bits per heavy atom. The normalized spacial score (nSPS) is 18.3. The fourth-order valence-corrected chi connectivity index (χ4v) is 3.20. The lowest BCUT2D eigenvalue weighted by Gasteiger charge is -2.30. The molecule has 8 nitrogen and oxygen atoms in total. The number of carbonyl (C=O) groups is 2. The van der Waals surface area contributed by atoms with Crippen molar-refractivity contribution in [3.05, 3.63) is 10.6 Å². The molecule has 0 saturated carbocycles. The molecule has 114 valence electrons. The molecule has 0 radical (unpaired) electrons. The van der Waals surface area contributed by atoms with Crippen molar-refractivity contribution in [3.63, 3.8) is 0 Å². The maximum absolute atomic E-state index is 12.5. The first-order valence-electron chi connectivity index (χ1n) is 6.54. The molecule has 1 unspecified atom stereocenters. The number of piperidine rings is 1. The first-order valence-corrected chi connectivity index (χ1v) is 7.35. The highest BCUT2D eigenvalue weighted by atomic mass is 32.1. The minimum atomic E-state index is -0.366. The Balaban J connectivity index is 2.18. The van der Waals surface area contributed by atoms with Crippen LogP contribution in [0.3, 0.4) is 0 Å². The number of aliphatic imine (C=N–C) groups is 1. The van der Waals surface area contributed by atoms with Crippen LogP contribution < -0.4 is 17.2 Å². The average Bonchev–Trinajstić information content (AvgIpc) is 2.78. The molecule has 2 rings (SSSR count). The Labute approximate surface area is 126 Å². The van der Waals surface area contributed by atoms with E-state index >= 15 is 0 Å². The molecule has 1 saturated heterocycles. The number of aromatic nitrogens is 1. The van der Waals surface area contributed by atoms with E-state index in [0.29, 0.717) is 28.8 Å². The molecule has 0 spiro atoms.